The Kier molecular flexibility index (Phi) is 3.10. The van der Waals surface area contributed by atoms with Gasteiger partial charge in [-0.1, -0.05) is 6.07 Å². The molecule has 0 unspecified atom stereocenters. The summed E-state index contributed by atoms with van der Waals surface area (Å²) < 4.78 is 10.7. The van der Waals surface area contributed by atoms with Gasteiger partial charge in [-0.25, -0.2) is 0 Å². The van der Waals surface area contributed by atoms with Crippen LogP contribution in [0.25, 0.3) is 11.1 Å². The van der Waals surface area contributed by atoms with Gasteiger partial charge in [0.05, 0.1) is 19.9 Å². The highest BCUT2D eigenvalue weighted by atomic mass is 16.5. The van der Waals surface area contributed by atoms with Gasteiger partial charge in [-0.15, -0.1) is 0 Å². The molecule has 0 radical (unpaired) electrons. The molecule has 2 rings (SSSR count). The van der Waals surface area contributed by atoms with Crippen molar-refractivity contribution >= 4 is 0 Å². The molecule has 84 valence electrons. The predicted octanol–water partition coefficient (Wildman–Crippen LogP) is 2.48. The molecule has 1 aromatic heterocycles. The van der Waals surface area contributed by atoms with Gasteiger partial charge in [-0.3, -0.25) is 5.10 Å². The third-order valence-corrected chi connectivity index (χ3v) is 2.30. The molecule has 0 fully saturated rings. The largest absolute Gasteiger partial charge is 0.493 e. The van der Waals surface area contributed by atoms with Crippen molar-refractivity contribution in [2.24, 2.45) is 0 Å². The maximum Gasteiger partial charge on any atom is 0.161 e. The normalized spacial score (nSPS) is 10.1. The van der Waals surface area contributed by atoms with E-state index >= 15 is 0 Å². The van der Waals surface area contributed by atoms with Crippen LogP contribution >= 0.6 is 0 Å². The highest BCUT2D eigenvalue weighted by Crippen LogP contribution is 2.31. The van der Waals surface area contributed by atoms with E-state index in [0.717, 1.165) is 22.6 Å². The lowest BCUT2D eigenvalue weighted by Crippen LogP contribution is -1.95. The van der Waals surface area contributed by atoms with Gasteiger partial charge < -0.3 is 9.47 Å². The molecule has 0 spiro atoms. The van der Waals surface area contributed by atoms with Gasteiger partial charge in [0.1, 0.15) is 0 Å². The van der Waals surface area contributed by atoms with Crippen LogP contribution in [0.1, 0.15) is 6.92 Å². The number of methoxy groups -OCH3 is 1. The number of rotatable bonds is 4. The molecule has 0 aliphatic carbocycles. The molecule has 0 bridgehead atoms. The number of aromatic amines is 1. The number of nitrogens with one attached hydrogen (secondary N) is 1. The molecular weight excluding hydrogens is 204 g/mol. The van der Waals surface area contributed by atoms with Crippen LogP contribution in [-0.4, -0.2) is 23.9 Å². The first-order valence-corrected chi connectivity index (χ1v) is 5.15. The van der Waals surface area contributed by atoms with E-state index in [1.807, 2.05) is 31.3 Å². The molecule has 4 heteroatoms. The summed E-state index contributed by atoms with van der Waals surface area (Å²) in [5, 5.41) is 6.70. The average Bonchev–Trinajstić information content (AvgIpc) is 2.83. The number of benzene rings is 1. The van der Waals surface area contributed by atoms with Gasteiger partial charge in [0, 0.05) is 11.8 Å². The maximum absolute atomic E-state index is 5.45. The van der Waals surface area contributed by atoms with Gasteiger partial charge in [0.25, 0.3) is 0 Å². The zero-order valence-electron chi connectivity index (χ0n) is 9.36. The van der Waals surface area contributed by atoms with Crippen molar-refractivity contribution in [3.63, 3.8) is 0 Å². The Morgan fingerprint density at radius 3 is 2.75 bits per heavy atom. The van der Waals surface area contributed by atoms with E-state index in [-0.39, 0.29) is 0 Å². The number of aromatic nitrogens is 2. The second-order valence-corrected chi connectivity index (χ2v) is 3.29. The van der Waals surface area contributed by atoms with Crippen molar-refractivity contribution in [2.45, 2.75) is 6.92 Å². The SMILES string of the molecule is CCOc1ccc(-c2cn[nH]c2)cc1OC. The topological polar surface area (TPSA) is 47.1 Å². The van der Waals surface area contributed by atoms with E-state index in [4.69, 9.17) is 9.47 Å². The monoisotopic (exact) mass is 218 g/mol. The van der Waals surface area contributed by atoms with E-state index in [9.17, 15) is 0 Å². The van der Waals surface area contributed by atoms with Crippen molar-refractivity contribution < 1.29 is 9.47 Å². The van der Waals surface area contributed by atoms with Gasteiger partial charge in [0.15, 0.2) is 11.5 Å². The molecule has 0 aliphatic rings. The van der Waals surface area contributed by atoms with Crippen molar-refractivity contribution in [3.8, 4) is 22.6 Å². The Hall–Kier alpha value is -1.97. The maximum atomic E-state index is 5.45. The summed E-state index contributed by atoms with van der Waals surface area (Å²) in [4.78, 5) is 0. The first-order chi connectivity index (χ1) is 7.85. The van der Waals surface area contributed by atoms with Crippen molar-refractivity contribution in [3.05, 3.63) is 30.6 Å². The number of hydrogen-bond acceptors (Lipinski definition) is 3. The Morgan fingerprint density at radius 2 is 2.12 bits per heavy atom. The summed E-state index contributed by atoms with van der Waals surface area (Å²) >= 11 is 0. The molecule has 0 amide bonds. The molecule has 4 nitrogen and oxygen atoms in total. The lowest BCUT2D eigenvalue weighted by Gasteiger charge is -2.10. The number of H-pyrrole nitrogens is 1. The Labute approximate surface area is 94.2 Å². The molecule has 16 heavy (non-hydrogen) atoms. The summed E-state index contributed by atoms with van der Waals surface area (Å²) in [7, 11) is 1.64. The molecule has 0 saturated heterocycles. The zero-order chi connectivity index (χ0) is 11.4. The summed E-state index contributed by atoms with van der Waals surface area (Å²) in [5.74, 6) is 1.50. The first kappa shape index (κ1) is 10.5. The van der Waals surface area contributed by atoms with E-state index in [1.54, 1.807) is 13.3 Å². The Bertz CT molecular complexity index is 452. The molecule has 1 N–H and O–H groups in total. The quantitative estimate of drug-likeness (QED) is 0.857. The molecule has 1 heterocycles. The predicted molar refractivity (Wildman–Crippen MR) is 61.7 cm³/mol. The lowest BCUT2D eigenvalue weighted by atomic mass is 10.1. The fraction of sp³-hybridized carbons (Fsp3) is 0.250. The van der Waals surface area contributed by atoms with E-state index in [0.29, 0.717) is 6.61 Å². The summed E-state index contributed by atoms with van der Waals surface area (Å²) in [6, 6.07) is 5.83. The van der Waals surface area contributed by atoms with E-state index in [1.165, 1.54) is 0 Å². The first-order valence-electron chi connectivity index (χ1n) is 5.15. The van der Waals surface area contributed by atoms with Gasteiger partial charge in [0.2, 0.25) is 0 Å². The summed E-state index contributed by atoms with van der Waals surface area (Å²) in [6.07, 6.45) is 3.62. The molecule has 1 aromatic carbocycles. The fourth-order valence-electron chi connectivity index (χ4n) is 1.53. The van der Waals surface area contributed by atoms with Gasteiger partial charge >= 0.3 is 0 Å². The third kappa shape index (κ3) is 2.00. The smallest absolute Gasteiger partial charge is 0.161 e. The van der Waals surface area contributed by atoms with Crippen molar-refractivity contribution in [2.75, 3.05) is 13.7 Å². The number of nitrogens with zero attached hydrogens (tertiary/aromatic N) is 1. The van der Waals surface area contributed by atoms with Crippen LogP contribution in [0.2, 0.25) is 0 Å². The van der Waals surface area contributed by atoms with Crippen LogP contribution in [0.3, 0.4) is 0 Å². The third-order valence-electron chi connectivity index (χ3n) is 2.30. The van der Waals surface area contributed by atoms with E-state index < -0.39 is 0 Å². The minimum absolute atomic E-state index is 0.626. The van der Waals surface area contributed by atoms with Gasteiger partial charge in [-0.2, -0.15) is 5.10 Å². The molecule has 0 saturated carbocycles. The second kappa shape index (κ2) is 4.70. The highest BCUT2D eigenvalue weighted by molar-refractivity contribution is 5.65. The van der Waals surface area contributed by atoms with Crippen LogP contribution in [0.4, 0.5) is 0 Å². The van der Waals surface area contributed by atoms with Crippen LogP contribution < -0.4 is 9.47 Å². The molecular formula is C12H14N2O2. The molecule has 2 aromatic rings. The van der Waals surface area contributed by atoms with Gasteiger partial charge in [-0.05, 0) is 24.6 Å². The van der Waals surface area contributed by atoms with Crippen LogP contribution in [-0.2, 0) is 0 Å². The zero-order valence-corrected chi connectivity index (χ0v) is 9.36. The second-order valence-electron chi connectivity index (χ2n) is 3.29. The molecule has 0 aliphatic heterocycles. The lowest BCUT2D eigenvalue weighted by molar-refractivity contribution is 0.311. The summed E-state index contributed by atoms with van der Waals surface area (Å²) in [6.45, 7) is 2.57. The number of ether oxygens (including phenoxy) is 2. The van der Waals surface area contributed by atoms with Crippen molar-refractivity contribution in [1.29, 1.82) is 0 Å². The van der Waals surface area contributed by atoms with Crippen LogP contribution in [0.15, 0.2) is 30.6 Å². The minimum Gasteiger partial charge on any atom is -0.493 e. The Morgan fingerprint density at radius 1 is 1.25 bits per heavy atom. The highest BCUT2D eigenvalue weighted by Gasteiger charge is 2.06. The molecule has 0 atom stereocenters. The summed E-state index contributed by atoms with van der Waals surface area (Å²) in [5.41, 5.74) is 2.08. The number of hydrogen-bond donors (Lipinski definition) is 1. The minimum atomic E-state index is 0.626. The fourth-order valence-corrected chi connectivity index (χ4v) is 1.53. The standard InChI is InChI=1S/C12H14N2O2/c1-3-16-11-5-4-9(6-12(11)15-2)10-7-13-14-8-10/h4-8H,3H2,1-2H3,(H,13,14). The van der Waals surface area contributed by atoms with Crippen LogP contribution in [0, 0.1) is 0 Å². The average molecular weight is 218 g/mol. The van der Waals surface area contributed by atoms with Crippen molar-refractivity contribution in [1.82, 2.24) is 10.2 Å². The Balaban J connectivity index is 2.36. The van der Waals surface area contributed by atoms with E-state index in [2.05, 4.69) is 10.2 Å². The van der Waals surface area contributed by atoms with Crippen LogP contribution in [0.5, 0.6) is 11.5 Å².